The van der Waals surface area contributed by atoms with Crippen molar-refractivity contribution in [2.24, 2.45) is 5.73 Å². The first-order valence-corrected chi connectivity index (χ1v) is 12.1. The zero-order valence-electron chi connectivity index (χ0n) is 20.3. The van der Waals surface area contributed by atoms with Crippen molar-refractivity contribution >= 4 is 23.7 Å². The molecule has 4 amide bonds. The van der Waals surface area contributed by atoms with E-state index in [2.05, 4.69) is 15.1 Å². The fourth-order valence-corrected chi connectivity index (χ4v) is 4.93. The van der Waals surface area contributed by atoms with Crippen LogP contribution in [0, 0.1) is 24.0 Å². The minimum absolute atomic E-state index is 0.0147. The number of amides is 4. The number of nitrogens with two attached hydrogens (primary N) is 1. The van der Waals surface area contributed by atoms with Crippen molar-refractivity contribution in [3.8, 4) is 0 Å². The van der Waals surface area contributed by atoms with Crippen LogP contribution in [0.3, 0.4) is 0 Å². The van der Waals surface area contributed by atoms with E-state index in [9.17, 15) is 27.6 Å². The van der Waals surface area contributed by atoms with Gasteiger partial charge in [0.1, 0.15) is 11.9 Å². The fourth-order valence-electron chi connectivity index (χ4n) is 4.93. The first kappa shape index (κ1) is 26.9. The van der Waals surface area contributed by atoms with E-state index in [0.717, 1.165) is 49.7 Å². The molecule has 2 saturated heterocycles. The molecule has 2 aromatic carbocycles. The number of likely N-dealkylation sites (tertiary alicyclic amines) is 1. The van der Waals surface area contributed by atoms with Crippen molar-refractivity contribution in [2.75, 3.05) is 26.2 Å². The van der Waals surface area contributed by atoms with Crippen LogP contribution in [0.1, 0.15) is 42.3 Å². The van der Waals surface area contributed by atoms with Gasteiger partial charge in [-0.15, -0.1) is 0 Å². The van der Waals surface area contributed by atoms with E-state index >= 15 is 0 Å². The van der Waals surface area contributed by atoms with Gasteiger partial charge in [0.15, 0.2) is 17.3 Å². The summed E-state index contributed by atoms with van der Waals surface area (Å²) in [7, 11) is 0. The van der Waals surface area contributed by atoms with E-state index < -0.39 is 47.6 Å². The summed E-state index contributed by atoms with van der Waals surface area (Å²) in [5.74, 6) is -3.62. The summed E-state index contributed by atoms with van der Waals surface area (Å²) in [5.41, 5.74) is 6.49. The number of urea groups is 1. The quantitative estimate of drug-likeness (QED) is 0.417. The number of nitrogens with zero attached hydrogens (tertiary/aromatic N) is 3. The molecule has 2 aliphatic rings. The van der Waals surface area contributed by atoms with Gasteiger partial charge in [-0.1, -0.05) is 12.1 Å². The number of primary amides is 1. The Labute approximate surface area is 217 Å². The molecule has 2 atom stereocenters. The van der Waals surface area contributed by atoms with Crippen molar-refractivity contribution in [1.82, 2.24) is 15.1 Å². The topological polar surface area (TPSA) is 109 Å². The monoisotopic (exact) mass is 529 g/mol. The average molecular weight is 530 g/mol. The molecule has 2 aromatic rings. The number of piperidine rings is 1. The molecule has 2 unspecified atom stereocenters. The van der Waals surface area contributed by atoms with E-state index in [4.69, 9.17) is 17.0 Å². The van der Waals surface area contributed by atoms with Crippen LogP contribution in [0.25, 0.3) is 4.85 Å². The van der Waals surface area contributed by atoms with Gasteiger partial charge in [-0.25, -0.2) is 32.5 Å². The Morgan fingerprint density at radius 1 is 1.11 bits per heavy atom. The summed E-state index contributed by atoms with van der Waals surface area (Å²) in [6.45, 7) is 9.70. The third-order valence-corrected chi connectivity index (χ3v) is 6.84. The number of imide groups is 1. The lowest BCUT2D eigenvalue weighted by Gasteiger charge is -2.32. The number of carbonyl (C=O) groups excluding carboxylic acids is 3. The molecule has 4 rings (SSSR count). The highest BCUT2D eigenvalue weighted by Crippen LogP contribution is 2.36. The number of nitrogens with one attached hydrogen (secondary N) is 1. The Balaban J connectivity index is 1.30. The lowest BCUT2D eigenvalue weighted by molar-refractivity contribution is -0.125. The summed E-state index contributed by atoms with van der Waals surface area (Å²) in [5, 5.41) is 2.61. The third-order valence-electron chi connectivity index (χ3n) is 6.84. The van der Waals surface area contributed by atoms with Crippen LogP contribution in [0.2, 0.25) is 0 Å². The molecule has 12 heteroatoms. The summed E-state index contributed by atoms with van der Waals surface area (Å²) < 4.78 is 45.6. The van der Waals surface area contributed by atoms with Crippen molar-refractivity contribution in [3.63, 3.8) is 0 Å². The van der Waals surface area contributed by atoms with Crippen molar-refractivity contribution in [2.45, 2.75) is 37.3 Å². The molecule has 2 heterocycles. The van der Waals surface area contributed by atoms with Gasteiger partial charge in [0, 0.05) is 6.54 Å². The zero-order valence-corrected chi connectivity index (χ0v) is 20.3. The van der Waals surface area contributed by atoms with E-state index in [1.165, 1.54) is 12.1 Å². The highest BCUT2D eigenvalue weighted by atomic mass is 19.2. The third kappa shape index (κ3) is 5.73. The van der Waals surface area contributed by atoms with Gasteiger partial charge in [-0.05, 0) is 80.2 Å². The van der Waals surface area contributed by atoms with Gasteiger partial charge in [0.25, 0.3) is 5.91 Å². The van der Waals surface area contributed by atoms with Crippen LogP contribution < -0.4 is 11.1 Å². The molecule has 0 aromatic heterocycles. The van der Waals surface area contributed by atoms with Crippen molar-refractivity contribution in [3.05, 3.63) is 76.4 Å². The molecule has 38 heavy (non-hydrogen) atoms. The molecule has 0 radical (unpaired) electrons. The summed E-state index contributed by atoms with van der Waals surface area (Å²) >= 11 is 0. The number of hydrogen-bond donors (Lipinski definition) is 2. The van der Waals surface area contributed by atoms with Crippen molar-refractivity contribution < 1.29 is 32.3 Å². The molecule has 2 aliphatic heterocycles. The van der Waals surface area contributed by atoms with Crippen LogP contribution in [0.4, 0.5) is 28.4 Å². The van der Waals surface area contributed by atoms with Crippen LogP contribution in [-0.4, -0.2) is 60.1 Å². The highest BCUT2D eigenvalue weighted by Gasteiger charge is 2.49. The largest absolute Gasteiger partial charge is 0.433 e. The molecule has 0 aliphatic carbocycles. The first-order valence-electron chi connectivity index (χ1n) is 12.1. The lowest BCUT2D eigenvalue weighted by Crippen LogP contribution is -2.45. The van der Waals surface area contributed by atoms with Crippen LogP contribution >= 0.6 is 0 Å². The second kappa shape index (κ2) is 11.5. The smallest absolute Gasteiger partial charge is 0.419 e. The molecule has 9 nitrogen and oxygen atoms in total. The Morgan fingerprint density at radius 2 is 1.84 bits per heavy atom. The maximum Gasteiger partial charge on any atom is 0.419 e. The van der Waals surface area contributed by atoms with E-state index in [1.807, 2.05) is 0 Å². The number of halogens is 3. The molecular formula is C26H26F3N5O4. The zero-order chi connectivity index (χ0) is 27.4. The Morgan fingerprint density at radius 3 is 2.50 bits per heavy atom. The SMILES string of the molecule is [C-]#[N+]c1cc(F)ccc1C1CCN(CCCNC(=O)N2C(=O)OC(C(N)=O)C2c2ccc(F)c(F)c2)CC1. The molecule has 3 N–H and O–H groups in total. The maximum atomic E-state index is 13.8. The number of hydrogen-bond acceptors (Lipinski definition) is 5. The van der Waals surface area contributed by atoms with Gasteiger partial charge in [0.2, 0.25) is 6.10 Å². The Kier molecular flexibility index (Phi) is 8.16. The fraction of sp³-hybridized carbons (Fsp3) is 0.385. The second-order valence-electron chi connectivity index (χ2n) is 9.21. The van der Waals surface area contributed by atoms with Crippen LogP contribution in [0.15, 0.2) is 36.4 Å². The van der Waals surface area contributed by atoms with E-state index in [1.54, 1.807) is 6.07 Å². The lowest BCUT2D eigenvalue weighted by atomic mass is 9.88. The normalized spacial score (nSPS) is 20.2. The maximum absolute atomic E-state index is 13.8. The molecule has 0 spiro atoms. The summed E-state index contributed by atoms with van der Waals surface area (Å²) in [6, 6.07) is 4.87. The van der Waals surface area contributed by atoms with Crippen LogP contribution in [0.5, 0.6) is 0 Å². The minimum Gasteiger partial charge on any atom is -0.433 e. The second-order valence-corrected chi connectivity index (χ2v) is 9.21. The van der Waals surface area contributed by atoms with Gasteiger partial charge >= 0.3 is 12.1 Å². The molecular weight excluding hydrogens is 503 g/mol. The highest BCUT2D eigenvalue weighted by molar-refractivity contribution is 5.96. The van der Waals surface area contributed by atoms with Gasteiger partial charge < -0.3 is 20.7 Å². The van der Waals surface area contributed by atoms with E-state index in [0.29, 0.717) is 23.6 Å². The van der Waals surface area contributed by atoms with E-state index in [-0.39, 0.29) is 18.0 Å². The molecule has 0 saturated carbocycles. The van der Waals surface area contributed by atoms with Crippen LogP contribution in [-0.2, 0) is 9.53 Å². The molecule has 0 bridgehead atoms. The summed E-state index contributed by atoms with van der Waals surface area (Å²) in [4.78, 5) is 43.3. The number of carbonyl (C=O) groups is 3. The first-order chi connectivity index (χ1) is 18.2. The molecule has 200 valence electrons. The van der Waals surface area contributed by atoms with Gasteiger partial charge in [-0.2, -0.15) is 0 Å². The Hall–Kier alpha value is -4.11. The molecule has 2 fully saturated rings. The predicted molar refractivity (Wildman–Crippen MR) is 129 cm³/mol. The average Bonchev–Trinajstić information content (AvgIpc) is 3.26. The Bertz CT molecular complexity index is 1280. The minimum atomic E-state index is -1.55. The number of cyclic esters (lactones) is 1. The van der Waals surface area contributed by atoms with Gasteiger partial charge in [0.05, 0.1) is 6.57 Å². The number of benzene rings is 2. The predicted octanol–water partition coefficient (Wildman–Crippen LogP) is 3.98. The van der Waals surface area contributed by atoms with Gasteiger partial charge in [-0.3, -0.25) is 4.79 Å². The number of ether oxygens (including phenoxy) is 1. The number of rotatable bonds is 7. The standard InChI is InChI=1S/C26H26F3N5O4/c1-31-21-14-17(27)4-5-18(21)15-7-11-33(12-8-15)10-2-9-32-25(36)34-22(23(24(30)35)38-26(34)37)16-3-6-19(28)20(29)13-16/h3-6,13-15,22-23H,2,7-12H2,(H2,30,35)(H,32,36). The van der Waals surface area contributed by atoms with Crippen molar-refractivity contribution in [1.29, 1.82) is 0 Å². The summed E-state index contributed by atoms with van der Waals surface area (Å²) in [6.07, 6.45) is -0.501.